The summed E-state index contributed by atoms with van der Waals surface area (Å²) in [5, 5.41) is 0.591. The minimum absolute atomic E-state index is 0.123. The number of hydrogen-bond acceptors (Lipinski definition) is 3. The minimum atomic E-state index is -4.47. The molecule has 1 aliphatic rings. The average Bonchev–Trinajstić information content (AvgIpc) is 3.12. The van der Waals surface area contributed by atoms with E-state index < -0.39 is 23.7 Å². The van der Waals surface area contributed by atoms with Gasteiger partial charge >= 0.3 is 6.18 Å². The molecule has 0 saturated carbocycles. The molecule has 1 aromatic heterocycles. The van der Waals surface area contributed by atoms with Crippen molar-refractivity contribution in [2.24, 2.45) is 0 Å². The van der Waals surface area contributed by atoms with Gasteiger partial charge < -0.3 is 9.80 Å². The van der Waals surface area contributed by atoms with Crippen LogP contribution in [0.5, 0.6) is 0 Å². The molecular formula is C40H33ClF3N3O2. The van der Waals surface area contributed by atoms with Crippen LogP contribution in [0.1, 0.15) is 33.4 Å². The van der Waals surface area contributed by atoms with Crippen molar-refractivity contribution in [3.63, 3.8) is 0 Å². The van der Waals surface area contributed by atoms with E-state index in [0.717, 1.165) is 45.6 Å². The molecule has 0 fully saturated rings. The third-order valence-corrected chi connectivity index (χ3v) is 8.87. The first-order valence-electron chi connectivity index (χ1n) is 15.9. The summed E-state index contributed by atoms with van der Waals surface area (Å²) in [5.41, 5.74) is 5.16. The molecule has 1 atom stereocenters. The first-order chi connectivity index (χ1) is 23.6. The summed E-state index contributed by atoms with van der Waals surface area (Å²) < 4.78 is 39.4. The lowest BCUT2D eigenvalue weighted by Crippen LogP contribution is -2.52. The molecule has 0 radical (unpaired) electrons. The molecule has 0 bridgehead atoms. The molecule has 0 spiro atoms. The predicted octanol–water partition coefficient (Wildman–Crippen LogP) is 8.66. The Morgan fingerprint density at radius 1 is 0.857 bits per heavy atom. The van der Waals surface area contributed by atoms with Crippen molar-refractivity contribution in [3.05, 3.63) is 166 Å². The SMILES string of the molecule is O=C([C@H](Cc1ccccc1)N(Cc1ccc(-c2ccccn2)cc1)C(=O)/C=C/c1ccc(C(F)(F)F)cc1)N1CCc2ccc(Cl)cc2C1. The van der Waals surface area contributed by atoms with Gasteiger partial charge in [0.15, 0.2) is 0 Å². The third kappa shape index (κ3) is 8.45. The molecule has 0 saturated heterocycles. The molecule has 49 heavy (non-hydrogen) atoms. The number of hydrogen-bond donors (Lipinski definition) is 0. The Bertz CT molecular complexity index is 1930. The van der Waals surface area contributed by atoms with Crippen LogP contribution in [0.15, 0.2) is 128 Å². The van der Waals surface area contributed by atoms with E-state index in [4.69, 9.17) is 11.6 Å². The highest BCUT2D eigenvalue weighted by Crippen LogP contribution is 2.30. The quantitative estimate of drug-likeness (QED) is 0.147. The van der Waals surface area contributed by atoms with Gasteiger partial charge in [0, 0.05) is 48.9 Å². The highest BCUT2D eigenvalue weighted by molar-refractivity contribution is 6.30. The summed E-state index contributed by atoms with van der Waals surface area (Å²) in [4.78, 5) is 36.4. The van der Waals surface area contributed by atoms with Crippen molar-refractivity contribution in [1.82, 2.24) is 14.8 Å². The fourth-order valence-corrected chi connectivity index (χ4v) is 6.19. The monoisotopic (exact) mass is 679 g/mol. The van der Waals surface area contributed by atoms with Gasteiger partial charge in [-0.2, -0.15) is 13.2 Å². The minimum Gasteiger partial charge on any atom is -0.336 e. The van der Waals surface area contributed by atoms with Crippen LogP contribution in [-0.2, 0) is 41.7 Å². The van der Waals surface area contributed by atoms with Gasteiger partial charge in [0.25, 0.3) is 0 Å². The smallest absolute Gasteiger partial charge is 0.336 e. The van der Waals surface area contributed by atoms with Gasteiger partial charge in [0.2, 0.25) is 11.8 Å². The highest BCUT2D eigenvalue weighted by Gasteiger charge is 2.34. The van der Waals surface area contributed by atoms with E-state index >= 15 is 0 Å². The molecule has 0 aliphatic carbocycles. The van der Waals surface area contributed by atoms with Gasteiger partial charge in [-0.15, -0.1) is 0 Å². The van der Waals surface area contributed by atoms with E-state index in [1.54, 1.807) is 16.0 Å². The van der Waals surface area contributed by atoms with Crippen LogP contribution in [0, 0.1) is 0 Å². The van der Waals surface area contributed by atoms with Crippen molar-refractivity contribution in [1.29, 1.82) is 0 Å². The second-order valence-electron chi connectivity index (χ2n) is 12.0. The molecule has 0 N–H and O–H groups in total. The lowest BCUT2D eigenvalue weighted by Gasteiger charge is -2.37. The summed E-state index contributed by atoms with van der Waals surface area (Å²) in [6, 6.07) is 32.3. The Kier molecular flexibility index (Phi) is 10.3. The fraction of sp³-hybridized carbons (Fsp3) is 0.175. The maximum atomic E-state index is 14.5. The zero-order valence-electron chi connectivity index (χ0n) is 26.5. The van der Waals surface area contributed by atoms with E-state index in [9.17, 15) is 22.8 Å². The summed E-state index contributed by atoms with van der Waals surface area (Å²) in [7, 11) is 0. The van der Waals surface area contributed by atoms with E-state index in [1.165, 1.54) is 24.3 Å². The summed E-state index contributed by atoms with van der Waals surface area (Å²) in [6.45, 7) is 0.974. The summed E-state index contributed by atoms with van der Waals surface area (Å²) in [6.07, 6.45) is 0.980. The van der Waals surface area contributed by atoms with Gasteiger partial charge in [0.1, 0.15) is 6.04 Å². The Morgan fingerprint density at radius 3 is 2.29 bits per heavy atom. The lowest BCUT2D eigenvalue weighted by molar-refractivity contribution is -0.144. The number of pyridine rings is 1. The second-order valence-corrected chi connectivity index (χ2v) is 12.4. The number of nitrogens with zero attached hydrogens (tertiary/aromatic N) is 3. The Morgan fingerprint density at radius 2 is 1.59 bits per heavy atom. The molecule has 6 rings (SSSR count). The van der Waals surface area contributed by atoms with E-state index in [0.29, 0.717) is 30.1 Å². The number of rotatable bonds is 9. The molecule has 5 aromatic rings. The van der Waals surface area contributed by atoms with Crippen LogP contribution < -0.4 is 0 Å². The summed E-state index contributed by atoms with van der Waals surface area (Å²) in [5.74, 6) is -0.640. The van der Waals surface area contributed by atoms with Crippen LogP contribution in [0.2, 0.25) is 5.02 Å². The van der Waals surface area contributed by atoms with Gasteiger partial charge in [0.05, 0.1) is 11.3 Å². The maximum absolute atomic E-state index is 14.5. The first-order valence-corrected chi connectivity index (χ1v) is 16.3. The molecule has 9 heteroatoms. The average molecular weight is 680 g/mol. The Hall–Kier alpha value is -5.21. The number of benzene rings is 4. The normalized spacial score (nSPS) is 13.6. The maximum Gasteiger partial charge on any atom is 0.416 e. The fourth-order valence-electron chi connectivity index (χ4n) is 5.99. The highest BCUT2D eigenvalue weighted by atomic mass is 35.5. The van der Waals surface area contributed by atoms with Gasteiger partial charge in [-0.3, -0.25) is 14.6 Å². The van der Waals surface area contributed by atoms with Crippen molar-refractivity contribution >= 4 is 29.5 Å². The number of carbonyl (C=O) groups is 2. The number of halogens is 4. The summed E-state index contributed by atoms with van der Waals surface area (Å²) >= 11 is 6.30. The molecule has 248 valence electrons. The standard InChI is InChI=1S/C40H33ClF3N3O2/c41-35-19-16-31-21-23-46(27-33(31)25-35)39(49)37(24-29-6-2-1-3-7-29)47(26-30-9-14-32(15-10-30)36-8-4-5-22-45-36)38(48)20-13-28-11-17-34(18-12-28)40(42,43)44/h1-20,22,25,37H,21,23-24,26-27H2/b20-13+/t37-/m0/s1. The van der Waals surface area contributed by atoms with Crippen molar-refractivity contribution in [2.45, 2.75) is 38.1 Å². The second kappa shape index (κ2) is 14.9. The van der Waals surface area contributed by atoms with Crippen LogP contribution in [0.4, 0.5) is 13.2 Å². The predicted molar refractivity (Wildman–Crippen MR) is 185 cm³/mol. The molecule has 1 aliphatic heterocycles. The molecule has 2 amide bonds. The molecule has 4 aromatic carbocycles. The number of alkyl halides is 3. The zero-order valence-corrected chi connectivity index (χ0v) is 27.2. The van der Waals surface area contributed by atoms with Crippen molar-refractivity contribution in [2.75, 3.05) is 6.54 Å². The zero-order chi connectivity index (χ0) is 34.4. The number of aromatic nitrogens is 1. The van der Waals surface area contributed by atoms with Crippen LogP contribution in [0.3, 0.4) is 0 Å². The number of fused-ring (bicyclic) bond motifs is 1. The Labute approximate surface area is 288 Å². The number of carbonyl (C=O) groups excluding carboxylic acids is 2. The lowest BCUT2D eigenvalue weighted by atomic mass is 9.97. The molecule has 2 heterocycles. The van der Waals surface area contributed by atoms with Crippen LogP contribution >= 0.6 is 11.6 Å². The van der Waals surface area contributed by atoms with E-state index in [-0.39, 0.29) is 18.9 Å². The molecular weight excluding hydrogens is 647 g/mol. The topological polar surface area (TPSA) is 53.5 Å². The van der Waals surface area contributed by atoms with Crippen LogP contribution in [-0.4, -0.2) is 39.2 Å². The third-order valence-electron chi connectivity index (χ3n) is 8.63. The van der Waals surface area contributed by atoms with Gasteiger partial charge in [-0.05, 0) is 76.7 Å². The van der Waals surface area contributed by atoms with Gasteiger partial charge in [-0.25, -0.2) is 0 Å². The largest absolute Gasteiger partial charge is 0.416 e. The van der Waals surface area contributed by atoms with Crippen LogP contribution in [0.25, 0.3) is 17.3 Å². The van der Waals surface area contributed by atoms with Gasteiger partial charge in [-0.1, -0.05) is 90.5 Å². The van der Waals surface area contributed by atoms with Crippen molar-refractivity contribution < 1.29 is 22.8 Å². The Balaban J connectivity index is 1.34. The van der Waals surface area contributed by atoms with E-state index in [1.807, 2.05) is 91.0 Å². The molecule has 0 unspecified atom stereocenters. The van der Waals surface area contributed by atoms with Crippen molar-refractivity contribution in [3.8, 4) is 11.3 Å². The number of amides is 2. The molecule has 5 nitrogen and oxygen atoms in total. The first kappa shape index (κ1) is 33.7. The van der Waals surface area contributed by atoms with E-state index in [2.05, 4.69) is 4.98 Å².